The lowest BCUT2D eigenvalue weighted by atomic mass is 10.1. The molecule has 0 aliphatic rings. The van der Waals surface area contributed by atoms with Crippen LogP contribution in [-0.2, 0) is 4.74 Å². The molecule has 0 aliphatic heterocycles. The number of benzene rings is 1. The number of hydrogen-bond donors (Lipinski definition) is 0. The molecule has 0 fully saturated rings. The van der Waals surface area contributed by atoms with Crippen LogP contribution in [0.25, 0.3) is 0 Å². The molecule has 1 rings (SSSR count). The van der Waals surface area contributed by atoms with Gasteiger partial charge in [0.25, 0.3) is 0 Å². The third kappa shape index (κ3) is 3.38. The van der Waals surface area contributed by atoms with Crippen molar-refractivity contribution in [2.75, 3.05) is 6.61 Å². The smallest absolute Gasteiger partial charge is 0.387 e. The molecule has 1 aromatic carbocycles. The van der Waals surface area contributed by atoms with Crippen molar-refractivity contribution < 1.29 is 28.0 Å². The van der Waals surface area contributed by atoms with Crippen LogP contribution in [0.3, 0.4) is 0 Å². The number of rotatable bonds is 5. The average Bonchev–Trinajstić information content (AvgIpc) is 2.36. The normalized spacial score (nSPS) is 9.95. The fourth-order valence-electron chi connectivity index (χ4n) is 1.43. The average molecular weight is 286 g/mol. The van der Waals surface area contributed by atoms with E-state index in [0.717, 1.165) is 12.1 Å². The predicted molar refractivity (Wildman–Crippen MR) is 60.4 cm³/mol. The molecule has 0 bridgehead atoms. The molecule has 1 aromatic rings. The Hall–Kier alpha value is -2.76. The van der Waals surface area contributed by atoms with Crippen molar-refractivity contribution in [3.05, 3.63) is 33.4 Å². The summed E-state index contributed by atoms with van der Waals surface area (Å²) in [6.07, 6.45) is 0. The summed E-state index contributed by atoms with van der Waals surface area (Å²) in [5.74, 6) is -1.64. The quantitative estimate of drug-likeness (QED) is 0.467. The van der Waals surface area contributed by atoms with Gasteiger partial charge in [-0.15, -0.1) is 0 Å². The Bertz CT molecular complexity index is 583. The molecule has 0 unspecified atom stereocenters. The van der Waals surface area contributed by atoms with E-state index < -0.39 is 40.1 Å². The molecular weight excluding hydrogens is 278 g/mol. The Labute approximate surface area is 111 Å². The van der Waals surface area contributed by atoms with Crippen LogP contribution in [0.5, 0.6) is 5.75 Å². The Kier molecular flexibility index (Phi) is 4.91. The number of nitro groups is 1. The second-order valence-corrected chi connectivity index (χ2v) is 3.33. The van der Waals surface area contributed by atoms with E-state index in [0.29, 0.717) is 0 Å². The highest BCUT2D eigenvalue weighted by Gasteiger charge is 2.28. The van der Waals surface area contributed by atoms with Crippen molar-refractivity contribution in [1.29, 1.82) is 5.26 Å². The van der Waals surface area contributed by atoms with Crippen molar-refractivity contribution in [3.63, 3.8) is 0 Å². The Morgan fingerprint density at radius 2 is 2.20 bits per heavy atom. The molecule has 0 aliphatic carbocycles. The summed E-state index contributed by atoms with van der Waals surface area (Å²) in [4.78, 5) is 21.5. The Balaban J connectivity index is 3.46. The van der Waals surface area contributed by atoms with E-state index in [1.165, 1.54) is 13.0 Å². The first-order valence-corrected chi connectivity index (χ1v) is 5.25. The summed E-state index contributed by atoms with van der Waals surface area (Å²) >= 11 is 0. The molecule has 9 heteroatoms. The molecule has 0 radical (unpaired) electrons. The van der Waals surface area contributed by atoms with Crippen LogP contribution in [0, 0.1) is 21.4 Å². The van der Waals surface area contributed by atoms with Gasteiger partial charge in [0, 0.05) is 12.1 Å². The minimum Gasteiger partial charge on any atom is -0.462 e. The summed E-state index contributed by atoms with van der Waals surface area (Å²) in [6.45, 7) is -1.80. The number of hydrogen-bond acceptors (Lipinski definition) is 6. The second-order valence-electron chi connectivity index (χ2n) is 3.33. The minimum atomic E-state index is -3.20. The molecule has 0 heterocycles. The first-order valence-electron chi connectivity index (χ1n) is 5.25. The lowest BCUT2D eigenvalue weighted by molar-refractivity contribution is -0.385. The highest BCUT2D eigenvalue weighted by molar-refractivity contribution is 5.95. The maximum absolute atomic E-state index is 12.1. The number of nitriles is 1. The van der Waals surface area contributed by atoms with E-state index in [-0.39, 0.29) is 6.61 Å². The molecular formula is C11H8F2N2O5. The molecule has 0 N–H and O–H groups in total. The predicted octanol–water partition coefficient (Wildman–Crippen LogP) is 2.24. The summed E-state index contributed by atoms with van der Waals surface area (Å²) in [7, 11) is 0. The number of nitro benzene ring substituents is 1. The van der Waals surface area contributed by atoms with Gasteiger partial charge in [-0.3, -0.25) is 10.1 Å². The number of halogens is 2. The van der Waals surface area contributed by atoms with Gasteiger partial charge in [0.05, 0.1) is 11.5 Å². The van der Waals surface area contributed by atoms with Crippen molar-refractivity contribution in [2.24, 2.45) is 0 Å². The summed E-state index contributed by atoms with van der Waals surface area (Å²) in [5.41, 5.74) is -2.00. The molecule has 0 spiro atoms. The van der Waals surface area contributed by atoms with Gasteiger partial charge in [-0.1, -0.05) is 0 Å². The van der Waals surface area contributed by atoms with Crippen LogP contribution in [0.2, 0.25) is 0 Å². The highest BCUT2D eigenvalue weighted by atomic mass is 19.3. The Morgan fingerprint density at radius 1 is 1.55 bits per heavy atom. The zero-order valence-electron chi connectivity index (χ0n) is 10.1. The zero-order valence-corrected chi connectivity index (χ0v) is 10.1. The molecule has 106 valence electrons. The van der Waals surface area contributed by atoms with Crippen LogP contribution >= 0.6 is 0 Å². The first-order chi connectivity index (χ1) is 9.40. The molecule has 0 saturated heterocycles. The number of nitrogens with zero attached hydrogens (tertiary/aromatic N) is 2. The van der Waals surface area contributed by atoms with E-state index in [4.69, 9.17) is 5.26 Å². The fraction of sp³-hybridized carbons (Fsp3) is 0.273. The van der Waals surface area contributed by atoms with E-state index in [1.807, 2.05) is 0 Å². The van der Waals surface area contributed by atoms with Gasteiger partial charge < -0.3 is 9.47 Å². The fourth-order valence-corrected chi connectivity index (χ4v) is 1.43. The number of ether oxygens (including phenoxy) is 2. The SMILES string of the molecule is CCOC(=O)c1cc(OC(F)F)cc(C#N)c1[N+](=O)[O-]. The van der Waals surface area contributed by atoms with Crippen LogP contribution in [0.4, 0.5) is 14.5 Å². The van der Waals surface area contributed by atoms with Crippen molar-refractivity contribution in [2.45, 2.75) is 13.5 Å². The van der Waals surface area contributed by atoms with Crippen molar-refractivity contribution in [3.8, 4) is 11.8 Å². The summed E-state index contributed by atoms with van der Waals surface area (Å²) < 4.78 is 32.9. The molecule has 0 atom stereocenters. The van der Waals surface area contributed by atoms with Crippen LogP contribution < -0.4 is 4.74 Å². The maximum atomic E-state index is 12.1. The number of esters is 1. The van der Waals surface area contributed by atoms with Gasteiger partial charge in [-0.05, 0) is 6.92 Å². The lowest BCUT2D eigenvalue weighted by Gasteiger charge is -2.08. The van der Waals surface area contributed by atoms with Crippen LogP contribution in [-0.4, -0.2) is 24.1 Å². The molecule has 0 aromatic heterocycles. The third-order valence-corrected chi connectivity index (χ3v) is 2.11. The second kappa shape index (κ2) is 6.42. The lowest BCUT2D eigenvalue weighted by Crippen LogP contribution is -2.11. The van der Waals surface area contributed by atoms with Gasteiger partial charge in [0.1, 0.15) is 22.9 Å². The summed E-state index contributed by atoms with van der Waals surface area (Å²) in [5, 5.41) is 19.7. The molecule has 7 nitrogen and oxygen atoms in total. The maximum Gasteiger partial charge on any atom is 0.387 e. The van der Waals surface area contributed by atoms with E-state index in [9.17, 15) is 23.7 Å². The highest BCUT2D eigenvalue weighted by Crippen LogP contribution is 2.30. The molecule has 0 amide bonds. The minimum absolute atomic E-state index is 0.0716. The zero-order chi connectivity index (χ0) is 15.3. The summed E-state index contributed by atoms with van der Waals surface area (Å²) in [6, 6.07) is 2.95. The van der Waals surface area contributed by atoms with Crippen molar-refractivity contribution in [1.82, 2.24) is 0 Å². The topological polar surface area (TPSA) is 102 Å². The van der Waals surface area contributed by atoms with E-state index in [2.05, 4.69) is 9.47 Å². The third-order valence-electron chi connectivity index (χ3n) is 2.11. The number of carbonyl (C=O) groups is 1. The van der Waals surface area contributed by atoms with Crippen LogP contribution in [0.15, 0.2) is 12.1 Å². The monoisotopic (exact) mass is 286 g/mol. The number of alkyl halides is 2. The van der Waals surface area contributed by atoms with Gasteiger partial charge in [-0.25, -0.2) is 4.79 Å². The molecule has 20 heavy (non-hydrogen) atoms. The van der Waals surface area contributed by atoms with Gasteiger partial charge in [0.15, 0.2) is 0 Å². The molecule has 0 saturated carbocycles. The Morgan fingerprint density at radius 3 is 2.65 bits per heavy atom. The first kappa shape index (κ1) is 15.3. The van der Waals surface area contributed by atoms with E-state index in [1.54, 1.807) is 0 Å². The van der Waals surface area contributed by atoms with Crippen LogP contribution in [0.1, 0.15) is 22.8 Å². The van der Waals surface area contributed by atoms with E-state index >= 15 is 0 Å². The standard InChI is InChI=1S/C11H8F2N2O5/c1-2-19-10(16)8-4-7(20-11(12)13)3-6(5-14)9(8)15(17)18/h3-4,11H,2H2,1H3. The van der Waals surface area contributed by atoms with Gasteiger partial charge in [-0.2, -0.15) is 14.0 Å². The van der Waals surface area contributed by atoms with Gasteiger partial charge >= 0.3 is 18.3 Å². The largest absolute Gasteiger partial charge is 0.462 e. The number of carbonyl (C=O) groups excluding carboxylic acids is 1. The van der Waals surface area contributed by atoms with Gasteiger partial charge in [0.2, 0.25) is 0 Å². The van der Waals surface area contributed by atoms with Crippen molar-refractivity contribution >= 4 is 11.7 Å².